The number of nitrogens with one attached hydrogen (secondary N) is 1. The van der Waals surface area contributed by atoms with Crippen molar-refractivity contribution >= 4 is 23.8 Å². The van der Waals surface area contributed by atoms with Crippen LogP contribution in [0.2, 0.25) is 0 Å². The summed E-state index contributed by atoms with van der Waals surface area (Å²) in [5.74, 6) is -0.0525. The summed E-state index contributed by atoms with van der Waals surface area (Å²) in [7, 11) is 0. The van der Waals surface area contributed by atoms with Crippen molar-refractivity contribution in [3.8, 4) is 0 Å². The van der Waals surface area contributed by atoms with Crippen molar-refractivity contribution < 1.29 is 19.8 Å². The van der Waals surface area contributed by atoms with Gasteiger partial charge in [-0.2, -0.15) is 0 Å². The lowest BCUT2D eigenvalue weighted by atomic mass is 9.93. The molecule has 0 aromatic carbocycles. The SMILES string of the molecule is O=C(O)C1CSC(C2CC2)N1C(=O)NC1CCCCC1O. The highest BCUT2D eigenvalue weighted by atomic mass is 32.2. The Kier molecular flexibility index (Phi) is 4.31. The molecule has 0 aromatic heterocycles. The standard InChI is InChI=1S/C14H22N2O4S/c17-11-4-2-1-3-9(11)15-14(20)16-10(13(18)19)7-21-12(16)8-5-6-8/h8-12,17H,1-7H2,(H,15,20)(H,18,19). The van der Waals surface area contributed by atoms with Crippen LogP contribution in [-0.4, -0.2) is 56.4 Å². The molecule has 1 saturated heterocycles. The third kappa shape index (κ3) is 3.13. The number of nitrogens with zero attached hydrogens (tertiary/aromatic N) is 1. The molecule has 0 bridgehead atoms. The van der Waals surface area contributed by atoms with Crippen molar-refractivity contribution in [1.29, 1.82) is 0 Å². The number of hydrogen-bond donors (Lipinski definition) is 3. The Hall–Kier alpha value is -0.950. The van der Waals surface area contributed by atoms with Gasteiger partial charge in [0.25, 0.3) is 0 Å². The second-order valence-corrected chi connectivity index (χ2v) is 7.38. The Bertz CT molecular complexity index is 429. The Morgan fingerprint density at radius 2 is 1.86 bits per heavy atom. The van der Waals surface area contributed by atoms with Crippen LogP contribution >= 0.6 is 11.8 Å². The van der Waals surface area contributed by atoms with Crippen molar-refractivity contribution in [3.05, 3.63) is 0 Å². The van der Waals surface area contributed by atoms with Crippen molar-refractivity contribution in [2.75, 3.05) is 5.75 Å². The lowest BCUT2D eigenvalue weighted by Gasteiger charge is -2.33. The van der Waals surface area contributed by atoms with Gasteiger partial charge in [-0.25, -0.2) is 9.59 Å². The van der Waals surface area contributed by atoms with E-state index in [1.807, 2.05) is 0 Å². The van der Waals surface area contributed by atoms with Crippen LogP contribution in [0.1, 0.15) is 38.5 Å². The van der Waals surface area contributed by atoms with Crippen LogP contribution in [0.25, 0.3) is 0 Å². The average molecular weight is 314 g/mol. The van der Waals surface area contributed by atoms with E-state index in [4.69, 9.17) is 0 Å². The summed E-state index contributed by atoms with van der Waals surface area (Å²) in [4.78, 5) is 25.4. The summed E-state index contributed by atoms with van der Waals surface area (Å²) in [5, 5.41) is 22.1. The van der Waals surface area contributed by atoms with Gasteiger partial charge >= 0.3 is 12.0 Å². The highest BCUT2D eigenvalue weighted by molar-refractivity contribution is 8.00. The molecule has 3 N–H and O–H groups in total. The first-order chi connectivity index (χ1) is 10.1. The molecule has 118 valence electrons. The highest BCUT2D eigenvalue weighted by Gasteiger charge is 2.48. The number of carbonyl (C=O) groups excluding carboxylic acids is 1. The molecule has 0 spiro atoms. The summed E-state index contributed by atoms with van der Waals surface area (Å²) < 4.78 is 0. The molecule has 4 atom stereocenters. The van der Waals surface area contributed by atoms with Crippen LogP contribution in [0.5, 0.6) is 0 Å². The Morgan fingerprint density at radius 3 is 2.48 bits per heavy atom. The van der Waals surface area contributed by atoms with Crippen LogP contribution in [0, 0.1) is 5.92 Å². The lowest BCUT2D eigenvalue weighted by molar-refractivity contribution is -0.141. The molecule has 7 heteroatoms. The fraction of sp³-hybridized carbons (Fsp3) is 0.857. The van der Waals surface area contributed by atoms with Crippen molar-refractivity contribution in [2.45, 2.75) is 62.1 Å². The van der Waals surface area contributed by atoms with Gasteiger partial charge in [0.2, 0.25) is 0 Å². The first-order valence-electron chi connectivity index (χ1n) is 7.69. The topological polar surface area (TPSA) is 89.9 Å². The third-order valence-corrected chi connectivity index (χ3v) is 6.08. The average Bonchev–Trinajstić information content (AvgIpc) is 3.19. The van der Waals surface area contributed by atoms with Crippen molar-refractivity contribution in [3.63, 3.8) is 0 Å². The lowest BCUT2D eigenvalue weighted by Crippen LogP contribution is -2.55. The molecule has 3 aliphatic rings. The molecule has 6 nitrogen and oxygen atoms in total. The number of amides is 2. The van der Waals surface area contributed by atoms with Crippen LogP contribution < -0.4 is 5.32 Å². The molecule has 21 heavy (non-hydrogen) atoms. The number of carboxylic acids is 1. The van der Waals surface area contributed by atoms with Gasteiger partial charge in [0.15, 0.2) is 0 Å². The minimum atomic E-state index is -0.940. The quantitative estimate of drug-likeness (QED) is 0.729. The summed E-state index contributed by atoms with van der Waals surface area (Å²) >= 11 is 1.57. The molecule has 4 unspecified atom stereocenters. The number of aliphatic hydroxyl groups is 1. The number of aliphatic carboxylic acids is 1. The zero-order valence-electron chi connectivity index (χ0n) is 11.9. The summed E-state index contributed by atoms with van der Waals surface area (Å²) in [5.41, 5.74) is 0. The number of hydrogen-bond acceptors (Lipinski definition) is 4. The first kappa shape index (κ1) is 15.0. The molecule has 3 fully saturated rings. The van der Waals surface area contributed by atoms with Gasteiger partial charge in [-0.15, -0.1) is 11.8 Å². The number of thioether (sulfide) groups is 1. The highest BCUT2D eigenvalue weighted by Crippen LogP contribution is 2.45. The second-order valence-electron chi connectivity index (χ2n) is 6.23. The van der Waals surface area contributed by atoms with Gasteiger partial charge in [0, 0.05) is 5.75 Å². The Balaban J connectivity index is 1.68. The predicted octanol–water partition coefficient (Wildman–Crippen LogP) is 1.24. The maximum absolute atomic E-state index is 12.5. The van der Waals surface area contributed by atoms with Gasteiger partial charge < -0.3 is 15.5 Å². The minimum absolute atomic E-state index is 0.0215. The molecule has 1 heterocycles. The van der Waals surface area contributed by atoms with Gasteiger partial charge in [-0.05, 0) is 31.6 Å². The summed E-state index contributed by atoms with van der Waals surface area (Å²) in [6.07, 6.45) is 5.06. The van der Waals surface area contributed by atoms with Gasteiger partial charge in [-0.3, -0.25) is 4.90 Å². The van der Waals surface area contributed by atoms with E-state index in [0.29, 0.717) is 18.1 Å². The normalized spacial score (nSPS) is 36.5. The zero-order chi connectivity index (χ0) is 15.0. The molecule has 2 saturated carbocycles. The molecule has 0 radical (unpaired) electrons. The fourth-order valence-corrected chi connectivity index (χ4v) is 4.86. The second kappa shape index (κ2) is 6.04. The number of carbonyl (C=O) groups is 2. The van der Waals surface area contributed by atoms with E-state index in [-0.39, 0.29) is 17.4 Å². The minimum Gasteiger partial charge on any atom is -0.480 e. The molecular weight excluding hydrogens is 292 g/mol. The predicted molar refractivity (Wildman–Crippen MR) is 79.0 cm³/mol. The van der Waals surface area contributed by atoms with Crippen molar-refractivity contribution in [1.82, 2.24) is 10.2 Å². The molecular formula is C14H22N2O4S. The van der Waals surface area contributed by atoms with Gasteiger partial charge in [-0.1, -0.05) is 12.8 Å². The van der Waals surface area contributed by atoms with E-state index in [1.165, 1.54) is 4.90 Å². The maximum atomic E-state index is 12.5. The monoisotopic (exact) mass is 314 g/mol. The van der Waals surface area contributed by atoms with Gasteiger partial charge in [0.1, 0.15) is 6.04 Å². The summed E-state index contributed by atoms with van der Waals surface area (Å²) in [6.45, 7) is 0. The number of urea groups is 1. The first-order valence-corrected chi connectivity index (χ1v) is 8.74. The van der Waals surface area contributed by atoms with Gasteiger partial charge in [0.05, 0.1) is 17.5 Å². The molecule has 3 rings (SSSR count). The van der Waals surface area contributed by atoms with E-state index in [0.717, 1.165) is 32.1 Å². The zero-order valence-corrected chi connectivity index (χ0v) is 12.7. The smallest absolute Gasteiger partial charge is 0.327 e. The van der Waals surface area contributed by atoms with E-state index in [1.54, 1.807) is 11.8 Å². The van der Waals surface area contributed by atoms with Crippen LogP contribution in [0.4, 0.5) is 4.79 Å². The number of aliphatic hydroxyl groups excluding tert-OH is 1. The van der Waals surface area contributed by atoms with E-state index in [9.17, 15) is 19.8 Å². The molecule has 2 amide bonds. The molecule has 0 aromatic rings. The fourth-order valence-electron chi connectivity index (χ4n) is 3.23. The largest absolute Gasteiger partial charge is 0.480 e. The van der Waals surface area contributed by atoms with Crippen LogP contribution in [0.15, 0.2) is 0 Å². The number of carboxylic acid groups (broad SMARTS) is 1. The van der Waals surface area contributed by atoms with Crippen molar-refractivity contribution in [2.24, 2.45) is 5.92 Å². The Morgan fingerprint density at radius 1 is 1.14 bits per heavy atom. The maximum Gasteiger partial charge on any atom is 0.327 e. The Labute approximate surface area is 128 Å². The summed E-state index contributed by atoms with van der Waals surface area (Å²) in [6, 6.07) is -1.32. The van der Waals surface area contributed by atoms with Crippen LogP contribution in [-0.2, 0) is 4.79 Å². The third-order valence-electron chi connectivity index (χ3n) is 4.62. The number of rotatable bonds is 3. The van der Waals surface area contributed by atoms with E-state index in [2.05, 4.69) is 5.32 Å². The van der Waals surface area contributed by atoms with E-state index >= 15 is 0 Å². The molecule has 1 aliphatic heterocycles. The van der Waals surface area contributed by atoms with Crippen LogP contribution in [0.3, 0.4) is 0 Å². The van der Waals surface area contributed by atoms with E-state index < -0.39 is 18.1 Å². The molecule has 2 aliphatic carbocycles.